The summed E-state index contributed by atoms with van der Waals surface area (Å²) in [4.78, 5) is 15.3. The Labute approximate surface area is 139 Å². The Morgan fingerprint density at radius 3 is 2.39 bits per heavy atom. The molecule has 0 spiro atoms. The average Bonchev–Trinajstić information content (AvgIpc) is 2.57. The van der Waals surface area contributed by atoms with Crippen molar-refractivity contribution >= 4 is 11.9 Å². The molecule has 0 saturated heterocycles. The Kier molecular flexibility index (Phi) is 7.59. The molecule has 2 N–H and O–H groups in total. The molecule has 0 fully saturated rings. The number of aryl methyl sites for hydroxylation is 1. The molecule has 128 valence electrons. The largest absolute Gasteiger partial charge is 0.469 e. The van der Waals surface area contributed by atoms with Crippen LogP contribution in [-0.4, -0.2) is 39.2 Å². The fourth-order valence-electron chi connectivity index (χ4n) is 2.20. The van der Waals surface area contributed by atoms with Crippen LogP contribution in [0.2, 0.25) is 0 Å². The molecule has 1 aromatic carbocycles. The summed E-state index contributed by atoms with van der Waals surface area (Å²) in [5, 5.41) is 6.43. The van der Waals surface area contributed by atoms with Gasteiger partial charge in [-0.05, 0) is 17.5 Å². The van der Waals surface area contributed by atoms with Crippen LogP contribution < -0.4 is 10.6 Å². The quantitative estimate of drug-likeness (QED) is 0.460. The average molecular weight is 319 g/mol. The van der Waals surface area contributed by atoms with Crippen molar-refractivity contribution in [2.45, 2.75) is 39.0 Å². The summed E-state index contributed by atoms with van der Waals surface area (Å²) in [6.07, 6.45) is 1.37. The summed E-state index contributed by atoms with van der Waals surface area (Å²) < 4.78 is 4.62. The first-order valence-electron chi connectivity index (χ1n) is 8.03. The molecule has 0 saturated carbocycles. The second-order valence-electron chi connectivity index (χ2n) is 6.11. The lowest BCUT2D eigenvalue weighted by Gasteiger charge is -2.27. The van der Waals surface area contributed by atoms with Crippen LogP contribution in [0.1, 0.15) is 38.3 Å². The zero-order valence-electron chi connectivity index (χ0n) is 14.9. The maximum absolute atomic E-state index is 11.1. The van der Waals surface area contributed by atoms with E-state index >= 15 is 0 Å². The third-order valence-electron chi connectivity index (χ3n) is 3.91. The number of nitrogens with one attached hydrogen (secondary N) is 2. The Morgan fingerprint density at radius 2 is 1.87 bits per heavy atom. The zero-order chi connectivity index (χ0) is 17.3. The summed E-state index contributed by atoms with van der Waals surface area (Å²) in [5.74, 6) is 0.455. The lowest BCUT2D eigenvalue weighted by atomic mass is 9.84. The van der Waals surface area contributed by atoms with Crippen LogP contribution in [0, 0.1) is 0 Å². The summed E-state index contributed by atoms with van der Waals surface area (Å²) in [6, 6.07) is 8.74. The Hall–Kier alpha value is -2.04. The summed E-state index contributed by atoms with van der Waals surface area (Å²) >= 11 is 0. The number of benzene rings is 1. The van der Waals surface area contributed by atoms with Crippen LogP contribution in [-0.2, 0) is 21.4 Å². The molecular weight excluding hydrogens is 290 g/mol. The lowest BCUT2D eigenvalue weighted by Crippen LogP contribution is -2.44. The molecule has 0 heterocycles. The topological polar surface area (TPSA) is 62.7 Å². The van der Waals surface area contributed by atoms with Gasteiger partial charge in [0, 0.05) is 25.6 Å². The highest BCUT2D eigenvalue weighted by Gasteiger charge is 2.20. The third kappa shape index (κ3) is 6.30. The first kappa shape index (κ1) is 19.0. The molecule has 0 radical (unpaired) electrons. The SMILES string of the molecule is CCc1ccc(C(C)(C)CNC(=NC)NCCC(=O)OC)cc1. The minimum absolute atomic E-state index is 0.0216. The molecule has 0 atom stereocenters. The van der Waals surface area contributed by atoms with Crippen molar-refractivity contribution in [1.82, 2.24) is 10.6 Å². The molecule has 0 amide bonds. The van der Waals surface area contributed by atoms with Gasteiger partial charge in [-0.2, -0.15) is 0 Å². The van der Waals surface area contributed by atoms with Crippen molar-refractivity contribution in [1.29, 1.82) is 0 Å². The minimum atomic E-state index is -0.232. The van der Waals surface area contributed by atoms with E-state index in [4.69, 9.17) is 0 Å². The highest BCUT2D eigenvalue weighted by molar-refractivity contribution is 5.80. The predicted octanol–water partition coefficient (Wildman–Crippen LogP) is 2.25. The van der Waals surface area contributed by atoms with Crippen LogP contribution in [0.5, 0.6) is 0 Å². The number of carbonyl (C=O) groups excluding carboxylic acids is 1. The van der Waals surface area contributed by atoms with Crippen molar-refractivity contribution in [3.8, 4) is 0 Å². The summed E-state index contributed by atoms with van der Waals surface area (Å²) in [6.45, 7) is 7.80. The molecule has 5 heteroatoms. The Bertz CT molecular complexity index is 522. The van der Waals surface area contributed by atoms with Gasteiger partial charge in [-0.3, -0.25) is 9.79 Å². The molecule has 1 aromatic rings. The standard InChI is InChI=1S/C18H29N3O2/c1-6-14-7-9-15(10-8-14)18(2,3)13-21-17(19-4)20-12-11-16(22)23-5/h7-10H,6,11-13H2,1-5H3,(H2,19,20,21). The second kappa shape index (κ2) is 9.18. The smallest absolute Gasteiger partial charge is 0.307 e. The highest BCUT2D eigenvalue weighted by Crippen LogP contribution is 2.22. The molecule has 0 aromatic heterocycles. The van der Waals surface area contributed by atoms with E-state index in [0.717, 1.165) is 13.0 Å². The lowest BCUT2D eigenvalue weighted by molar-refractivity contribution is -0.140. The molecule has 0 bridgehead atoms. The maximum Gasteiger partial charge on any atom is 0.307 e. The normalized spacial score (nSPS) is 12.0. The third-order valence-corrected chi connectivity index (χ3v) is 3.91. The van der Waals surface area contributed by atoms with E-state index in [1.54, 1.807) is 7.05 Å². The van der Waals surface area contributed by atoms with Crippen molar-refractivity contribution in [2.75, 3.05) is 27.2 Å². The van der Waals surface area contributed by atoms with Crippen LogP contribution in [0.4, 0.5) is 0 Å². The van der Waals surface area contributed by atoms with Crippen LogP contribution in [0.3, 0.4) is 0 Å². The van der Waals surface area contributed by atoms with Gasteiger partial charge in [0.2, 0.25) is 0 Å². The molecule has 0 aliphatic heterocycles. The molecule has 5 nitrogen and oxygen atoms in total. The zero-order valence-corrected chi connectivity index (χ0v) is 14.9. The van der Waals surface area contributed by atoms with Crippen molar-refractivity contribution in [3.05, 3.63) is 35.4 Å². The number of aliphatic imine (C=N–C) groups is 1. The van der Waals surface area contributed by atoms with E-state index in [0.29, 0.717) is 18.9 Å². The maximum atomic E-state index is 11.1. The number of carbonyl (C=O) groups is 1. The number of hydrogen-bond donors (Lipinski definition) is 2. The van der Waals surface area contributed by atoms with Crippen molar-refractivity contribution < 1.29 is 9.53 Å². The molecule has 23 heavy (non-hydrogen) atoms. The van der Waals surface area contributed by atoms with Gasteiger partial charge < -0.3 is 15.4 Å². The molecular formula is C18H29N3O2. The van der Waals surface area contributed by atoms with Crippen molar-refractivity contribution in [3.63, 3.8) is 0 Å². The number of guanidine groups is 1. The molecule has 0 aliphatic carbocycles. The van der Waals surface area contributed by atoms with Gasteiger partial charge in [0.1, 0.15) is 0 Å². The van der Waals surface area contributed by atoms with E-state index in [-0.39, 0.29) is 11.4 Å². The van der Waals surface area contributed by atoms with E-state index < -0.39 is 0 Å². The van der Waals surface area contributed by atoms with E-state index in [1.165, 1.54) is 18.2 Å². The number of nitrogens with zero attached hydrogens (tertiary/aromatic N) is 1. The van der Waals surface area contributed by atoms with Gasteiger partial charge in [-0.15, -0.1) is 0 Å². The number of methoxy groups -OCH3 is 1. The van der Waals surface area contributed by atoms with Gasteiger partial charge in [0.05, 0.1) is 13.5 Å². The van der Waals surface area contributed by atoms with Crippen LogP contribution >= 0.6 is 0 Å². The second-order valence-corrected chi connectivity index (χ2v) is 6.11. The highest BCUT2D eigenvalue weighted by atomic mass is 16.5. The number of ether oxygens (including phenoxy) is 1. The Balaban J connectivity index is 2.53. The van der Waals surface area contributed by atoms with Gasteiger partial charge in [-0.25, -0.2) is 0 Å². The number of hydrogen-bond acceptors (Lipinski definition) is 3. The van der Waals surface area contributed by atoms with Gasteiger partial charge in [0.25, 0.3) is 0 Å². The number of rotatable bonds is 7. The first-order valence-corrected chi connectivity index (χ1v) is 8.03. The van der Waals surface area contributed by atoms with Gasteiger partial charge >= 0.3 is 5.97 Å². The number of esters is 1. The van der Waals surface area contributed by atoms with Gasteiger partial charge in [-0.1, -0.05) is 45.0 Å². The fraction of sp³-hybridized carbons (Fsp3) is 0.556. The molecule has 0 unspecified atom stereocenters. The summed E-state index contributed by atoms with van der Waals surface area (Å²) in [5.41, 5.74) is 2.61. The minimum Gasteiger partial charge on any atom is -0.469 e. The summed E-state index contributed by atoms with van der Waals surface area (Å²) in [7, 11) is 3.11. The Morgan fingerprint density at radius 1 is 1.22 bits per heavy atom. The van der Waals surface area contributed by atoms with Crippen molar-refractivity contribution in [2.24, 2.45) is 4.99 Å². The first-order chi connectivity index (χ1) is 10.9. The van der Waals surface area contributed by atoms with Gasteiger partial charge in [0.15, 0.2) is 5.96 Å². The monoisotopic (exact) mass is 319 g/mol. The molecule has 1 rings (SSSR count). The van der Waals surface area contributed by atoms with E-state index in [9.17, 15) is 4.79 Å². The fourth-order valence-corrected chi connectivity index (χ4v) is 2.20. The van der Waals surface area contributed by atoms with Crippen LogP contribution in [0.25, 0.3) is 0 Å². The predicted molar refractivity (Wildman–Crippen MR) is 94.8 cm³/mol. The van der Waals surface area contributed by atoms with E-state index in [1.807, 2.05) is 0 Å². The van der Waals surface area contributed by atoms with E-state index in [2.05, 4.69) is 65.4 Å². The molecule has 0 aliphatic rings. The van der Waals surface area contributed by atoms with Crippen LogP contribution in [0.15, 0.2) is 29.3 Å².